The Labute approximate surface area is 195 Å². The van der Waals surface area contributed by atoms with E-state index in [0.29, 0.717) is 17.1 Å². The lowest BCUT2D eigenvalue weighted by Gasteiger charge is -2.10. The largest absolute Gasteiger partial charge is 0.332 e. The van der Waals surface area contributed by atoms with Gasteiger partial charge in [-0.15, -0.1) is 0 Å². The number of hydroxylamine groups is 1. The molecule has 1 aromatic carbocycles. The number of anilines is 1. The summed E-state index contributed by atoms with van der Waals surface area (Å²) in [5.74, 6) is 5.54. The Morgan fingerprint density at radius 1 is 1.06 bits per heavy atom. The number of nitrogens with zero attached hydrogens (tertiary/aromatic N) is 3. The van der Waals surface area contributed by atoms with E-state index >= 15 is 0 Å². The van der Waals surface area contributed by atoms with Gasteiger partial charge in [-0.1, -0.05) is 24.0 Å². The molecule has 11 heteroatoms. The van der Waals surface area contributed by atoms with Gasteiger partial charge in [-0.3, -0.25) is 19.7 Å². The molecule has 34 heavy (non-hydrogen) atoms. The van der Waals surface area contributed by atoms with Crippen molar-refractivity contribution in [3.05, 3.63) is 89.6 Å². The molecule has 0 saturated heterocycles. The third-order valence-corrected chi connectivity index (χ3v) is 5.85. The summed E-state index contributed by atoms with van der Waals surface area (Å²) >= 11 is 0. The van der Waals surface area contributed by atoms with Crippen LogP contribution in [0.15, 0.2) is 72.1 Å². The number of nitrogens with one attached hydrogen (secondary N) is 3. The second-order valence-electron chi connectivity index (χ2n) is 7.07. The number of carbonyl (C=O) groups is 1. The number of imidazole rings is 1. The fraction of sp³-hybridized carbons (Fsp3) is 0.0435. The van der Waals surface area contributed by atoms with E-state index in [2.05, 4.69) is 36.5 Å². The molecular weight excluding hydrogens is 456 g/mol. The lowest BCUT2D eigenvalue weighted by atomic mass is 10.1. The van der Waals surface area contributed by atoms with Crippen LogP contribution in [-0.4, -0.2) is 39.5 Å². The predicted octanol–water partition coefficient (Wildman–Crippen LogP) is 2.49. The molecule has 0 aliphatic carbocycles. The number of benzene rings is 1. The fourth-order valence-electron chi connectivity index (χ4n) is 2.96. The first kappa shape index (κ1) is 22.7. The van der Waals surface area contributed by atoms with Gasteiger partial charge in [-0.25, -0.2) is 15.4 Å². The highest BCUT2D eigenvalue weighted by molar-refractivity contribution is 7.92. The maximum atomic E-state index is 12.7. The standard InChI is InChI=1S/C23H18N6O4S/c1-15-25-14-22(26-15)34(32,33)29-21-12-19(23(30)28-31)11-20(27-21)18-8-6-16(7-9-18)4-5-17-3-2-10-24-13-17/h2-3,6-14,31H,1H3,(H,25,26)(H,27,29)(H,28,30). The normalized spacial score (nSPS) is 10.8. The van der Waals surface area contributed by atoms with E-state index in [0.717, 1.165) is 11.1 Å². The maximum absolute atomic E-state index is 12.7. The lowest BCUT2D eigenvalue weighted by molar-refractivity contribution is 0.0706. The van der Waals surface area contributed by atoms with E-state index in [1.807, 2.05) is 6.07 Å². The molecule has 0 atom stereocenters. The van der Waals surface area contributed by atoms with E-state index < -0.39 is 15.9 Å². The van der Waals surface area contributed by atoms with Gasteiger partial charge in [0.2, 0.25) is 0 Å². The van der Waals surface area contributed by atoms with Crippen molar-refractivity contribution in [2.24, 2.45) is 0 Å². The molecule has 4 rings (SSSR count). The number of rotatable bonds is 5. The average molecular weight is 475 g/mol. The van der Waals surface area contributed by atoms with Crippen molar-refractivity contribution >= 4 is 21.7 Å². The minimum atomic E-state index is -4.03. The number of sulfonamides is 1. The van der Waals surface area contributed by atoms with Crippen LogP contribution in [0.2, 0.25) is 0 Å². The van der Waals surface area contributed by atoms with E-state index in [-0.39, 0.29) is 16.4 Å². The Balaban J connectivity index is 1.66. The van der Waals surface area contributed by atoms with Gasteiger partial charge in [0.25, 0.3) is 15.9 Å². The zero-order valence-electron chi connectivity index (χ0n) is 17.8. The number of aromatic nitrogens is 4. The second kappa shape index (κ2) is 9.53. The molecule has 4 N–H and O–H groups in total. The molecule has 170 valence electrons. The zero-order chi connectivity index (χ0) is 24.1. The predicted molar refractivity (Wildman–Crippen MR) is 123 cm³/mol. The van der Waals surface area contributed by atoms with Crippen molar-refractivity contribution in [2.45, 2.75) is 11.9 Å². The SMILES string of the molecule is Cc1ncc(S(=O)(=O)Nc2cc(C(=O)NO)cc(-c3ccc(C#Cc4cccnc4)cc3)n2)[nH]1. The summed E-state index contributed by atoms with van der Waals surface area (Å²) in [6, 6.07) is 13.3. The Kier molecular flexibility index (Phi) is 6.35. The number of hydrogen-bond donors (Lipinski definition) is 4. The fourth-order valence-corrected chi connectivity index (χ4v) is 3.92. The molecule has 3 aromatic heterocycles. The minimum Gasteiger partial charge on any atom is -0.332 e. The molecule has 0 fully saturated rings. The summed E-state index contributed by atoms with van der Waals surface area (Å²) in [6.45, 7) is 1.62. The van der Waals surface area contributed by atoms with Crippen LogP contribution < -0.4 is 10.2 Å². The minimum absolute atomic E-state index is 0.00596. The Morgan fingerprint density at radius 2 is 1.82 bits per heavy atom. The van der Waals surface area contributed by atoms with E-state index in [9.17, 15) is 13.2 Å². The van der Waals surface area contributed by atoms with Crippen molar-refractivity contribution in [1.29, 1.82) is 0 Å². The lowest BCUT2D eigenvalue weighted by Crippen LogP contribution is -2.20. The molecule has 4 aromatic rings. The van der Waals surface area contributed by atoms with Gasteiger partial charge < -0.3 is 4.98 Å². The monoisotopic (exact) mass is 474 g/mol. The van der Waals surface area contributed by atoms with E-state index in [4.69, 9.17) is 5.21 Å². The third-order valence-electron chi connectivity index (χ3n) is 4.59. The number of hydrogen-bond acceptors (Lipinski definition) is 7. The topological polar surface area (TPSA) is 150 Å². The summed E-state index contributed by atoms with van der Waals surface area (Å²) < 4.78 is 27.6. The van der Waals surface area contributed by atoms with Crippen LogP contribution in [0.1, 0.15) is 27.3 Å². The molecule has 10 nitrogen and oxygen atoms in total. The van der Waals surface area contributed by atoms with Crippen LogP contribution in [0, 0.1) is 18.8 Å². The van der Waals surface area contributed by atoms with Gasteiger partial charge in [0, 0.05) is 34.6 Å². The average Bonchev–Trinajstić information content (AvgIpc) is 3.30. The highest BCUT2D eigenvalue weighted by Gasteiger charge is 2.19. The molecule has 0 saturated carbocycles. The van der Waals surface area contributed by atoms with Gasteiger partial charge in [0.15, 0.2) is 5.03 Å². The number of aromatic amines is 1. The molecule has 0 unspecified atom stereocenters. The van der Waals surface area contributed by atoms with Crippen LogP contribution in [0.4, 0.5) is 5.82 Å². The van der Waals surface area contributed by atoms with Gasteiger partial charge in [-0.05, 0) is 43.3 Å². The quantitative estimate of drug-likeness (QED) is 0.197. The summed E-state index contributed by atoms with van der Waals surface area (Å²) in [5.41, 5.74) is 3.99. The van der Waals surface area contributed by atoms with Crippen molar-refractivity contribution < 1.29 is 18.4 Å². The first-order chi connectivity index (χ1) is 16.3. The van der Waals surface area contributed by atoms with E-state index in [1.54, 1.807) is 55.1 Å². The summed E-state index contributed by atoms with van der Waals surface area (Å²) in [4.78, 5) is 26.9. The maximum Gasteiger partial charge on any atom is 0.280 e. The van der Waals surface area contributed by atoms with Gasteiger partial charge in [0.05, 0.1) is 11.9 Å². The van der Waals surface area contributed by atoms with Crippen LogP contribution in [0.5, 0.6) is 0 Å². The number of amides is 1. The molecule has 3 heterocycles. The summed E-state index contributed by atoms with van der Waals surface area (Å²) in [7, 11) is -4.03. The smallest absolute Gasteiger partial charge is 0.280 e. The first-order valence-electron chi connectivity index (χ1n) is 9.87. The molecule has 0 aliphatic rings. The van der Waals surface area contributed by atoms with Crippen LogP contribution in [-0.2, 0) is 10.0 Å². The first-order valence-corrected chi connectivity index (χ1v) is 11.4. The number of H-pyrrole nitrogens is 1. The second-order valence-corrected chi connectivity index (χ2v) is 8.73. The van der Waals surface area contributed by atoms with Gasteiger partial charge in [0.1, 0.15) is 11.6 Å². The Hall–Kier alpha value is -4.53. The van der Waals surface area contributed by atoms with Crippen molar-refractivity contribution in [3.8, 4) is 23.1 Å². The molecule has 1 amide bonds. The molecule has 0 spiro atoms. The van der Waals surface area contributed by atoms with E-state index in [1.165, 1.54) is 18.3 Å². The van der Waals surface area contributed by atoms with Crippen molar-refractivity contribution in [1.82, 2.24) is 25.4 Å². The van der Waals surface area contributed by atoms with Crippen LogP contribution in [0.3, 0.4) is 0 Å². The number of carbonyl (C=O) groups excluding carboxylic acids is 1. The zero-order valence-corrected chi connectivity index (χ0v) is 18.6. The van der Waals surface area contributed by atoms with Crippen LogP contribution >= 0.6 is 0 Å². The van der Waals surface area contributed by atoms with Gasteiger partial charge in [-0.2, -0.15) is 8.42 Å². The Morgan fingerprint density at radius 3 is 2.47 bits per heavy atom. The Bertz CT molecular complexity index is 1500. The molecule has 0 aliphatic heterocycles. The number of pyridine rings is 2. The molecule has 0 bridgehead atoms. The number of aryl methyl sites for hydroxylation is 1. The van der Waals surface area contributed by atoms with Crippen molar-refractivity contribution in [3.63, 3.8) is 0 Å². The summed E-state index contributed by atoms with van der Waals surface area (Å²) in [5, 5.41) is 8.90. The van der Waals surface area contributed by atoms with Crippen LogP contribution in [0.25, 0.3) is 11.3 Å². The summed E-state index contributed by atoms with van der Waals surface area (Å²) in [6.07, 6.45) is 4.51. The highest BCUT2D eigenvalue weighted by Crippen LogP contribution is 2.23. The molecular formula is C23H18N6O4S. The highest BCUT2D eigenvalue weighted by atomic mass is 32.2. The molecule has 0 radical (unpaired) electrons. The third kappa shape index (κ3) is 5.26. The van der Waals surface area contributed by atoms with Gasteiger partial charge >= 0.3 is 0 Å². The van der Waals surface area contributed by atoms with Crippen molar-refractivity contribution in [2.75, 3.05) is 4.72 Å².